The van der Waals surface area contributed by atoms with Gasteiger partial charge in [-0.2, -0.15) is 0 Å². The average Bonchev–Trinajstić information content (AvgIpc) is 2.53. The number of rotatable bonds is 5. The summed E-state index contributed by atoms with van der Waals surface area (Å²) in [5.74, 6) is 0.239. The zero-order valence-corrected chi connectivity index (χ0v) is 16.6. The summed E-state index contributed by atoms with van der Waals surface area (Å²) in [7, 11) is 0. The van der Waals surface area contributed by atoms with Crippen LogP contribution in [-0.2, 0) is 4.79 Å². The molecular formula is C19H21IN2O3. The molecule has 5 nitrogen and oxygen atoms in total. The molecule has 0 spiro atoms. The van der Waals surface area contributed by atoms with Gasteiger partial charge in [0.2, 0.25) is 0 Å². The van der Waals surface area contributed by atoms with Gasteiger partial charge < -0.3 is 15.4 Å². The summed E-state index contributed by atoms with van der Waals surface area (Å²) in [6.07, 6.45) is 0. The molecule has 6 heteroatoms. The number of halogens is 1. The van der Waals surface area contributed by atoms with Gasteiger partial charge in [-0.15, -0.1) is 0 Å². The van der Waals surface area contributed by atoms with Gasteiger partial charge >= 0.3 is 0 Å². The number of hydrogen-bond donors (Lipinski definition) is 2. The molecule has 2 N–H and O–H groups in total. The largest absolute Gasteiger partial charge is 0.484 e. The van der Waals surface area contributed by atoms with Crippen LogP contribution in [0.5, 0.6) is 5.75 Å². The Bertz CT molecular complexity index is 735. The lowest BCUT2D eigenvalue weighted by Gasteiger charge is -2.20. The number of ether oxygens (including phenoxy) is 1. The molecule has 0 saturated carbocycles. The molecule has 0 aliphatic heterocycles. The molecule has 2 aromatic rings. The first-order chi connectivity index (χ1) is 11.7. The lowest BCUT2D eigenvalue weighted by molar-refractivity contribution is -0.118. The van der Waals surface area contributed by atoms with E-state index in [1.165, 1.54) is 0 Å². The summed E-state index contributed by atoms with van der Waals surface area (Å²) >= 11 is 2.20. The van der Waals surface area contributed by atoms with Crippen LogP contribution in [-0.4, -0.2) is 24.0 Å². The highest BCUT2D eigenvalue weighted by Gasteiger charge is 2.15. The lowest BCUT2D eigenvalue weighted by atomic mass is 10.1. The third kappa shape index (κ3) is 6.74. The van der Waals surface area contributed by atoms with Gasteiger partial charge in [0, 0.05) is 20.4 Å². The average molecular weight is 452 g/mol. The van der Waals surface area contributed by atoms with Crippen molar-refractivity contribution >= 4 is 40.1 Å². The van der Waals surface area contributed by atoms with Gasteiger partial charge in [0.25, 0.3) is 11.8 Å². The highest BCUT2D eigenvalue weighted by molar-refractivity contribution is 14.1. The third-order valence-electron chi connectivity index (χ3n) is 3.10. The Kier molecular flexibility index (Phi) is 6.41. The Hall–Kier alpha value is -2.09. The van der Waals surface area contributed by atoms with Crippen LogP contribution in [0.1, 0.15) is 31.1 Å². The van der Waals surface area contributed by atoms with E-state index in [1.807, 2.05) is 45.0 Å². The van der Waals surface area contributed by atoms with E-state index in [9.17, 15) is 9.59 Å². The molecule has 0 aliphatic carbocycles. The van der Waals surface area contributed by atoms with E-state index in [0.717, 1.165) is 3.57 Å². The monoisotopic (exact) mass is 452 g/mol. The molecule has 2 rings (SSSR count). The van der Waals surface area contributed by atoms with Crippen LogP contribution in [0.4, 0.5) is 5.69 Å². The highest BCUT2D eigenvalue weighted by atomic mass is 127. The number of carbonyl (C=O) groups is 2. The van der Waals surface area contributed by atoms with Crippen LogP contribution in [0.25, 0.3) is 0 Å². The van der Waals surface area contributed by atoms with Crippen LogP contribution in [0.3, 0.4) is 0 Å². The molecule has 2 aromatic carbocycles. The zero-order chi connectivity index (χ0) is 18.4. The van der Waals surface area contributed by atoms with Gasteiger partial charge in [0.1, 0.15) is 5.75 Å². The van der Waals surface area contributed by atoms with Crippen LogP contribution < -0.4 is 15.4 Å². The van der Waals surface area contributed by atoms with Gasteiger partial charge in [-0.1, -0.05) is 0 Å². The minimum atomic E-state index is -0.295. The molecule has 2 amide bonds. The van der Waals surface area contributed by atoms with Crippen molar-refractivity contribution in [1.82, 2.24) is 5.32 Å². The maximum absolute atomic E-state index is 12.1. The summed E-state index contributed by atoms with van der Waals surface area (Å²) in [6, 6.07) is 14.2. The minimum Gasteiger partial charge on any atom is -0.484 e. The highest BCUT2D eigenvalue weighted by Crippen LogP contribution is 2.14. The molecule has 0 fully saturated rings. The van der Waals surface area contributed by atoms with Crippen molar-refractivity contribution in [2.75, 3.05) is 11.9 Å². The molecule has 0 atom stereocenters. The molecule has 0 unspecified atom stereocenters. The topological polar surface area (TPSA) is 67.4 Å². The quantitative estimate of drug-likeness (QED) is 0.678. The van der Waals surface area contributed by atoms with E-state index in [-0.39, 0.29) is 24.0 Å². The van der Waals surface area contributed by atoms with E-state index in [0.29, 0.717) is 17.0 Å². The number of carbonyl (C=O) groups excluding carboxylic acids is 2. The van der Waals surface area contributed by atoms with E-state index in [4.69, 9.17) is 4.74 Å². The second-order valence-electron chi connectivity index (χ2n) is 6.57. The Morgan fingerprint density at radius 3 is 2.16 bits per heavy atom. The molecule has 0 aliphatic rings. The van der Waals surface area contributed by atoms with Crippen molar-refractivity contribution in [1.29, 1.82) is 0 Å². The van der Waals surface area contributed by atoms with Gasteiger partial charge in [-0.25, -0.2) is 0 Å². The molecule has 0 radical (unpaired) electrons. The summed E-state index contributed by atoms with van der Waals surface area (Å²) < 4.78 is 6.53. The number of amides is 2. The van der Waals surface area contributed by atoms with Crippen LogP contribution in [0.15, 0.2) is 48.5 Å². The lowest BCUT2D eigenvalue weighted by Crippen LogP contribution is -2.40. The van der Waals surface area contributed by atoms with Gasteiger partial charge in [0.05, 0.1) is 0 Å². The van der Waals surface area contributed by atoms with Crippen molar-refractivity contribution in [2.24, 2.45) is 0 Å². The van der Waals surface area contributed by atoms with E-state index < -0.39 is 0 Å². The minimum absolute atomic E-state index is 0.0765. The maximum Gasteiger partial charge on any atom is 0.262 e. The van der Waals surface area contributed by atoms with E-state index in [1.54, 1.807) is 24.3 Å². The number of hydrogen-bond acceptors (Lipinski definition) is 3. The van der Waals surface area contributed by atoms with Crippen LogP contribution >= 0.6 is 22.6 Å². The Labute approximate surface area is 161 Å². The van der Waals surface area contributed by atoms with Crippen molar-refractivity contribution in [3.8, 4) is 5.75 Å². The van der Waals surface area contributed by atoms with Crippen molar-refractivity contribution in [3.63, 3.8) is 0 Å². The fourth-order valence-electron chi connectivity index (χ4n) is 1.99. The standard InChI is InChI=1S/C19H21IN2O3/c1-19(2,3)22-18(24)13-4-8-15(9-5-13)21-17(23)12-25-16-10-6-14(20)7-11-16/h4-11H,12H2,1-3H3,(H,21,23)(H,22,24). The summed E-state index contributed by atoms with van der Waals surface area (Å²) in [6.45, 7) is 5.69. The fraction of sp³-hybridized carbons (Fsp3) is 0.263. The normalized spacial score (nSPS) is 10.9. The van der Waals surface area contributed by atoms with E-state index in [2.05, 4.69) is 33.2 Å². The van der Waals surface area contributed by atoms with Crippen LogP contribution in [0.2, 0.25) is 0 Å². The third-order valence-corrected chi connectivity index (χ3v) is 3.82. The van der Waals surface area contributed by atoms with Gasteiger partial charge in [0.15, 0.2) is 6.61 Å². The van der Waals surface area contributed by atoms with Crippen molar-refractivity contribution < 1.29 is 14.3 Å². The predicted octanol–water partition coefficient (Wildman–Crippen LogP) is 3.84. The Morgan fingerprint density at radius 1 is 1.00 bits per heavy atom. The Morgan fingerprint density at radius 2 is 1.60 bits per heavy atom. The Balaban J connectivity index is 1.86. The van der Waals surface area contributed by atoms with Crippen molar-refractivity contribution in [2.45, 2.75) is 26.3 Å². The first-order valence-corrected chi connectivity index (χ1v) is 8.92. The molecule has 0 heterocycles. The SMILES string of the molecule is CC(C)(C)NC(=O)c1ccc(NC(=O)COc2ccc(I)cc2)cc1. The maximum atomic E-state index is 12.1. The molecule has 0 bridgehead atoms. The number of anilines is 1. The molecule has 132 valence electrons. The number of nitrogens with one attached hydrogen (secondary N) is 2. The van der Waals surface area contributed by atoms with Crippen LogP contribution in [0, 0.1) is 3.57 Å². The smallest absolute Gasteiger partial charge is 0.262 e. The second-order valence-corrected chi connectivity index (χ2v) is 7.82. The molecule has 0 aromatic heterocycles. The summed E-state index contributed by atoms with van der Waals surface area (Å²) in [4.78, 5) is 24.0. The molecule has 25 heavy (non-hydrogen) atoms. The number of benzene rings is 2. The molecule has 0 saturated heterocycles. The fourth-order valence-corrected chi connectivity index (χ4v) is 2.35. The van der Waals surface area contributed by atoms with Crippen molar-refractivity contribution in [3.05, 3.63) is 57.7 Å². The predicted molar refractivity (Wildman–Crippen MR) is 107 cm³/mol. The second kappa shape index (κ2) is 8.33. The van der Waals surface area contributed by atoms with Gasteiger partial charge in [-0.3, -0.25) is 9.59 Å². The summed E-state index contributed by atoms with van der Waals surface area (Å²) in [5.41, 5.74) is 0.864. The first-order valence-electron chi connectivity index (χ1n) is 7.84. The van der Waals surface area contributed by atoms with Gasteiger partial charge in [-0.05, 0) is 91.9 Å². The zero-order valence-electron chi connectivity index (χ0n) is 14.4. The summed E-state index contributed by atoms with van der Waals surface area (Å²) in [5, 5.41) is 5.63. The first kappa shape index (κ1) is 19.2. The van der Waals surface area contributed by atoms with E-state index >= 15 is 0 Å². The molecular weight excluding hydrogens is 431 g/mol.